The van der Waals surface area contributed by atoms with E-state index in [9.17, 15) is 13.2 Å². The summed E-state index contributed by atoms with van der Waals surface area (Å²) in [5.41, 5.74) is 0.216. The topological polar surface area (TPSA) is 54.5 Å². The van der Waals surface area contributed by atoms with Gasteiger partial charge >= 0.3 is 0 Å². The van der Waals surface area contributed by atoms with Crippen molar-refractivity contribution < 1.29 is 13.2 Å². The van der Waals surface area contributed by atoms with Gasteiger partial charge < -0.3 is 4.90 Å². The molecule has 1 aromatic carbocycles. The van der Waals surface area contributed by atoms with Gasteiger partial charge in [-0.3, -0.25) is 4.79 Å². The summed E-state index contributed by atoms with van der Waals surface area (Å²) in [6, 6.07) is 3.93. The average Bonchev–Trinajstić information content (AvgIpc) is 2.15. The standard InChI is InChI=1S/C9H9Cl2NO3S/c1-12(2)9(13)6-3-4-7(10)8(5-6)16(11,14)15/h3-5H,1-2H3. The first kappa shape index (κ1) is 13.3. The van der Waals surface area contributed by atoms with Crippen LogP contribution in [0.5, 0.6) is 0 Å². The Bertz CT molecular complexity index is 526. The molecule has 0 radical (unpaired) electrons. The quantitative estimate of drug-likeness (QED) is 0.779. The summed E-state index contributed by atoms with van der Waals surface area (Å²) in [5, 5.41) is -0.00898. The highest BCUT2D eigenvalue weighted by atomic mass is 35.7. The van der Waals surface area contributed by atoms with E-state index in [1.807, 2.05) is 0 Å². The first-order valence-corrected chi connectivity index (χ1v) is 6.88. The van der Waals surface area contributed by atoms with Crippen LogP contribution < -0.4 is 0 Å². The molecule has 0 unspecified atom stereocenters. The fourth-order valence-electron chi connectivity index (χ4n) is 1.08. The van der Waals surface area contributed by atoms with Gasteiger partial charge in [-0.2, -0.15) is 0 Å². The van der Waals surface area contributed by atoms with Crippen molar-refractivity contribution in [3.8, 4) is 0 Å². The van der Waals surface area contributed by atoms with Gasteiger partial charge in [0.15, 0.2) is 0 Å². The Kier molecular flexibility index (Phi) is 3.83. The lowest BCUT2D eigenvalue weighted by molar-refractivity contribution is 0.0827. The van der Waals surface area contributed by atoms with E-state index in [4.69, 9.17) is 22.3 Å². The normalized spacial score (nSPS) is 11.2. The molecular formula is C9H9Cl2NO3S. The molecule has 0 aliphatic carbocycles. The van der Waals surface area contributed by atoms with Crippen molar-refractivity contribution in [3.05, 3.63) is 28.8 Å². The predicted octanol–water partition coefficient (Wildman–Crippen LogP) is 1.97. The number of hydrogen-bond donors (Lipinski definition) is 0. The summed E-state index contributed by atoms with van der Waals surface area (Å²) in [7, 11) is 4.36. The van der Waals surface area contributed by atoms with Gasteiger partial charge in [-0.25, -0.2) is 8.42 Å². The van der Waals surface area contributed by atoms with Crippen molar-refractivity contribution >= 4 is 37.2 Å². The van der Waals surface area contributed by atoms with Crippen molar-refractivity contribution in [2.75, 3.05) is 14.1 Å². The lowest BCUT2D eigenvalue weighted by Gasteiger charge is -2.11. The maximum Gasteiger partial charge on any atom is 0.262 e. The summed E-state index contributed by atoms with van der Waals surface area (Å²) in [6.45, 7) is 0. The molecule has 0 fully saturated rings. The van der Waals surface area contributed by atoms with E-state index in [-0.39, 0.29) is 21.4 Å². The second kappa shape index (κ2) is 4.61. The monoisotopic (exact) mass is 281 g/mol. The number of carbonyl (C=O) groups is 1. The molecule has 16 heavy (non-hydrogen) atoms. The maximum absolute atomic E-state index is 11.6. The Morgan fingerprint density at radius 2 is 1.88 bits per heavy atom. The van der Waals surface area contributed by atoms with Crippen LogP contribution in [0.4, 0.5) is 0 Å². The maximum atomic E-state index is 11.6. The number of rotatable bonds is 2. The highest BCUT2D eigenvalue weighted by Crippen LogP contribution is 2.25. The summed E-state index contributed by atoms with van der Waals surface area (Å²) in [4.78, 5) is 12.6. The Morgan fingerprint density at radius 1 is 1.31 bits per heavy atom. The molecule has 0 N–H and O–H groups in total. The highest BCUT2D eigenvalue weighted by Gasteiger charge is 2.18. The lowest BCUT2D eigenvalue weighted by Crippen LogP contribution is -2.21. The largest absolute Gasteiger partial charge is 0.345 e. The molecule has 4 nitrogen and oxygen atoms in total. The SMILES string of the molecule is CN(C)C(=O)c1ccc(Cl)c(S(=O)(=O)Cl)c1. The molecule has 0 aliphatic heterocycles. The Hall–Kier alpha value is -0.780. The van der Waals surface area contributed by atoms with Crippen molar-refractivity contribution in [1.29, 1.82) is 0 Å². The average molecular weight is 282 g/mol. The van der Waals surface area contributed by atoms with E-state index < -0.39 is 9.05 Å². The van der Waals surface area contributed by atoms with Crippen molar-refractivity contribution in [3.63, 3.8) is 0 Å². The molecular weight excluding hydrogens is 273 g/mol. The minimum absolute atomic E-state index is 0.00898. The van der Waals surface area contributed by atoms with Crippen LogP contribution in [-0.4, -0.2) is 33.3 Å². The van der Waals surface area contributed by atoms with Gasteiger partial charge in [-0.1, -0.05) is 11.6 Å². The van der Waals surface area contributed by atoms with Crippen LogP contribution >= 0.6 is 22.3 Å². The van der Waals surface area contributed by atoms with Crippen molar-refractivity contribution in [2.24, 2.45) is 0 Å². The first-order valence-electron chi connectivity index (χ1n) is 4.19. The van der Waals surface area contributed by atoms with Crippen molar-refractivity contribution in [2.45, 2.75) is 4.90 Å². The van der Waals surface area contributed by atoms with E-state index in [2.05, 4.69) is 0 Å². The molecule has 0 spiro atoms. The smallest absolute Gasteiger partial charge is 0.262 e. The van der Waals surface area contributed by atoms with E-state index in [1.165, 1.54) is 17.0 Å². The van der Waals surface area contributed by atoms with Crippen LogP contribution in [0.25, 0.3) is 0 Å². The molecule has 0 aliphatic rings. The number of nitrogens with zero attached hydrogens (tertiary/aromatic N) is 1. The fourth-order valence-corrected chi connectivity index (χ4v) is 2.57. The zero-order valence-electron chi connectivity index (χ0n) is 8.57. The Balaban J connectivity index is 3.34. The number of benzene rings is 1. The minimum Gasteiger partial charge on any atom is -0.345 e. The second-order valence-corrected chi connectivity index (χ2v) is 6.22. The molecule has 0 heterocycles. The summed E-state index contributed by atoms with van der Waals surface area (Å²) in [5.74, 6) is -0.321. The van der Waals surface area contributed by atoms with E-state index in [0.29, 0.717) is 0 Å². The third-order valence-electron chi connectivity index (χ3n) is 1.85. The van der Waals surface area contributed by atoms with Gasteiger partial charge in [0.1, 0.15) is 4.90 Å². The zero-order valence-corrected chi connectivity index (χ0v) is 10.9. The molecule has 0 aromatic heterocycles. The molecule has 0 bridgehead atoms. The second-order valence-electron chi connectivity index (χ2n) is 3.28. The van der Waals surface area contributed by atoms with Gasteiger partial charge in [0, 0.05) is 30.3 Å². The molecule has 0 atom stereocenters. The first-order chi connectivity index (χ1) is 7.23. The van der Waals surface area contributed by atoms with Crippen LogP contribution in [0.2, 0.25) is 5.02 Å². The van der Waals surface area contributed by atoms with Crippen LogP contribution in [0.15, 0.2) is 23.1 Å². The summed E-state index contributed by atoms with van der Waals surface area (Å²) < 4.78 is 22.3. The van der Waals surface area contributed by atoms with Gasteiger partial charge in [0.2, 0.25) is 0 Å². The predicted molar refractivity (Wildman–Crippen MR) is 62.5 cm³/mol. The molecule has 88 valence electrons. The number of halogens is 2. The highest BCUT2D eigenvalue weighted by molar-refractivity contribution is 8.13. The zero-order chi connectivity index (χ0) is 12.5. The lowest BCUT2D eigenvalue weighted by atomic mass is 10.2. The van der Waals surface area contributed by atoms with E-state index in [1.54, 1.807) is 14.1 Å². The van der Waals surface area contributed by atoms with Crippen molar-refractivity contribution in [1.82, 2.24) is 4.90 Å². The van der Waals surface area contributed by atoms with Crippen LogP contribution in [0.1, 0.15) is 10.4 Å². The molecule has 1 aromatic rings. The van der Waals surface area contributed by atoms with Gasteiger partial charge in [-0.15, -0.1) is 0 Å². The van der Waals surface area contributed by atoms with Gasteiger partial charge in [0.25, 0.3) is 15.0 Å². The molecule has 1 rings (SSSR count). The Labute approximate surface area is 103 Å². The number of hydrogen-bond acceptors (Lipinski definition) is 3. The molecule has 0 saturated carbocycles. The summed E-state index contributed by atoms with van der Waals surface area (Å²) >= 11 is 5.68. The van der Waals surface area contributed by atoms with Crippen LogP contribution in [0, 0.1) is 0 Å². The van der Waals surface area contributed by atoms with E-state index >= 15 is 0 Å². The molecule has 1 amide bonds. The third kappa shape index (κ3) is 2.87. The van der Waals surface area contributed by atoms with E-state index in [0.717, 1.165) is 6.07 Å². The van der Waals surface area contributed by atoms with Crippen LogP contribution in [-0.2, 0) is 9.05 Å². The Morgan fingerprint density at radius 3 is 2.31 bits per heavy atom. The molecule has 7 heteroatoms. The number of carbonyl (C=O) groups excluding carboxylic acids is 1. The molecule has 0 saturated heterocycles. The van der Waals surface area contributed by atoms with Crippen LogP contribution in [0.3, 0.4) is 0 Å². The third-order valence-corrected chi connectivity index (χ3v) is 3.65. The fraction of sp³-hybridized carbons (Fsp3) is 0.222. The minimum atomic E-state index is -3.95. The number of amides is 1. The van der Waals surface area contributed by atoms with Gasteiger partial charge in [-0.05, 0) is 18.2 Å². The summed E-state index contributed by atoms with van der Waals surface area (Å²) in [6.07, 6.45) is 0. The van der Waals surface area contributed by atoms with Gasteiger partial charge in [0.05, 0.1) is 5.02 Å².